The SMILES string of the molecule is COc1ncccc1C(=O)N1CCCN(Cc2nc(C)cs2)CC1. The molecule has 0 N–H and O–H groups in total. The van der Waals surface area contributed by atoms with Crippen molar-refractivity contribution in [3.8, 4) is 5.88 Å². The van der Waals surface area contributed by atoms with Crippen molar-refractivity contribution in [2.45, 2.75) is 19.9 Å². The molecule has 1 aliphatic rings. The van der Waals surface area contributed by atoms with Gasteiger partial charge in [0.15, 0.2) is 0 Å². The second kappa shape index (κ2) is 7.72. The minimum atomic E-state index is -0.00751. The molecule has 0 aliphatic carbocycles. The Labute approximate surface area is 146 Å². The number of aromatic nitrogens is 2. The first kappa shape index (κ1) is 16.9. The van der Waals surface area contributed by atoms with Crippen LogP contribution in [0.5, 0.6) is 5.88 Å². The Balaban J connectivity index is 1.63. The van der Waals surface area contributed by atoms with Gasteiger partial charge in [-0.2, -0.15) is 0 Å². The number of rotatable bonds is 4. The summed E-state index contributed by atoms with van der Waals surface area (Å²) in [7, 11) is 1.54. The summed E-state index contributed by atoms with van der Waals surface area (Å²) in [5, 5.41) is 3.22. The molecule has 0 bridgehead atoms. The van der Waals surface area contributed by atoms with Gasteiger partial charge in [-0.3, -0.25) is 9.69 Å². The normalized spacial score (nSPS) is 16.0. The third kappa shape index (κ3) is 3.91. The van der Waals surface area contributed by atoms with Crippen molar-refractivity contribution < 1.29 is 9.53 Å². The number of hydrogen-bond acceptors (Lipinski definition) is 6. The molecule has 128 valence electrons. The molecule has 1 amide bonds. The van der Waals surface area contributed by atoms with Gasteiger partial charge >= 0.3 is 0 Å². The van der Waals surface area contributed by atoms with Gasteiger partial charge in [0.2, 0.25) is 5.88 Å². The van der Waals surface area contributed by atoms with Crippen LogP contribution in [0, 0.1) is 6.92 Å². The first-order chi connectivity index (χ1) is 11.7. The van der Waals surface area contributed by atoms with Crippen LogP contribution < -0.4 is 4.74 Å². The number of aryl methyl sites for hydroxylation is 1. The van der Waals surface area contributed by atoms with Crippen LogP contribution in [0.15, 0.2) is 23.7 Å². The molecular weight excluding hydrogens is 324 g/mol. The highest BCUT2D eigenvalue weighted by molar-refractivity contribution is 7.09. The Morgan fingerprint density at radius 3 is 2.96 bits per heavy atom. The van der Waals surface area contributed by atoms with Crippen molar-refractivity contribution in [1.29, 1.82) is 0 Å². The molecule has 3 heterocycles. The summed E-state index contributed by atoms with van der Waals surface area (Å²) < 4.78 is 5.22. The molecule has 24 heavy (non-hydrogen) atoms. The molecule has 3 rings (SSSR count). The number of nitrogens with zero attached hydrogens (tertiary/aromatic N) is 4. The van der Waals surface area contributed by atoms with E-state index in [-0.39, 0.29) is 5.91 Å². The van der Waals surface area contributed by atoms with Gasteiger partial charge in [-0.1, -0.05) is 0 Å². The van der Waals surface area contributed by atoms with Gasteiger partial charge in [-0.25, -0.2) is 9.97 Å². The van der Waals surface area contributed by atoms with E-state index in [1.807, 2.05) is 11.8 Å². The number of hydrogen-bond donors (Lipinski definition) is 0. The van der Waals surface area contributed by atoms with Crippen molar-refractivity contribution in [2.75, 3.05) is 33.3 Å². The maximum atomic E-state index is 12.8. The Kier molecular flexibility index (Phi) is 5.42. The number of carbonyl (C=O) groups is 1. The van der Waals surface area contributed by atoms with E-state index in [2.05, 4.69) is 20.2 Å². The zero-order chi connectivity index (χ0) is 16.9. The Bertz CT molecular complexity index is 703. The summed E-state index contributed by atoms with van der Waals surface area (Å²) >= 11 is 1.70. The molecule has 1 fully saturated rings. The fourth-order valence-corrected chi connectivity index (χ4v) is 3.70. The third-order valence-corrected chi connectivity index (χ3v) is 5.05. The quantitative estimate of drug-likeness (QED) is 0.849. The highest BCUT2D eigenvalue weighted by Crippen LogP contribution is 2.18. The highest BCUT2D eigenvalue weighted by Gasteiger charge is 2.23. The molecule has 0 unspecified atom stereocenters. The summed E-state index contributed by atoms with van der Waals surface area (Å²) in [6.45, 7) is 6.17. The molecule has 6 nitrogen and oxygen atoms in total. The van der Waals surface area contributed by atoms with Gasteiger partial charge in [0, 0.05) is 43.4 Å². The van der Waals surface area contributed by atoms with E-state index >= 15 is 0 Å². The van der Waals surface area contributed by atoms with Gasteiger partial charge in [0.05, 0.1) is 13.7 Å². The Morgan fingerprint density at radius 2 is 2.21 bits per heavy atom. The predicted octanol–water partition coefficient (Wildman–Crippen LogP) is 2.20. The second-order valence-electron chi connectivity index (χ2n) is 5.86. The molecular formula is C17H22N4O2S. The Hall–Kier alpha value is -1.99. The van der Waals surface area contributed by atoms with Gasteiger partial charge < -0.3 is 9.64 Å². The lowest BCUT2D eigenvalue weighted by molar-refractivity contribution is 0.0757. The van der Waals surface area contributed by atoms with E-state index in [4.69, 9.17) is 4.74 Å². The van der Waals surface area contributed by atoms with Crippen LogP contribution in [0.25, 0.3) is 0 Å². The number of methoxy groups -OCH3 is 1. The molecule has 2 aromatic heterocycles. The summed E-state index contributed by atoms with van der Waals surface area (Å²) in [5.74, 6) is 0.383. The van der Waals surface area contributed by atoms with Gasteiger partial charge in [0.25, 0.3) is 5.91 Å². The third-order valence-electron chi connectivity index (χ3n) is 4.10. The lowest BCUT2D eigenvalue weighted by Crippen LogP contribution is -2.35. The van der Waals surface area contributed by atoms with Crippen LogP contribution in [0.3, 0.4) is 0 Å². The van der Waals surface area contributed by atoms with Crippen molar-refractivity contribution in [3.05, 3.63) is 40.0 Å². The summed E-state index contributed by atoms with van der Waals surface area (Å²) in [6.07, 6.45) is 2.59. The molecule has 1 aliphatic heterocycles. The van der Waals surface area contributed by atoms with E-state index in [1.54, 1.807) is 36.8 Å². The number of thiazole rings is 1. The van der Waals surface area contributed by atoms with Crippen molar-refractivity contribution in [3.63, 3.8) is 0 Å². The molecule has 0 saturated carbocycles. The number of amides is 1. The van der Waals surface area contributed by atoms with E-state index < -0.39 is 0 Å². The van der Waals surface area contributed by atoms with Crippen LogP contribution in [-0.2, 0) is 6.54 Å². The second-order valence-corrected chi connectivity index (χ2v) is 6.81. The molecule has 0 atom stereocenters. The summed E-state index contributed by atoms with van der Waals surface area (Å²) in [4.78, 5) is 25.7. The Morgan fingerprint density at radius 1 is 1.33 bits per heavy atom. The van der Waals surface area contributed by atoms with E-state index in [0.717, 1.165) is 43.3 Å². The monoisotopic (exact) mass is 346 g/mol. The van der Waals surface area contributed by atoms with Crippen LogP contribution in [0.1, 0.15) is 27.5 Å². The molecule has 7 heteroatoms. The average Bonchev–Trinajstić information content (AvgIpc) is 2.87. The van der Waals surface area contributed by atoms with Crippen LogP contribution in [-0.4, -0.2) is 59.0 Å². The van der Waals surface area contributed by atoms with Gasteiger partial charge in [-0.05, 0) is 25.5 Å². The number of ether oxygens (including phenoxy) is 1. The number of carbonyl (C=O) groups excluding carboxylic acids is 1. The van der Waals surface area contributed by atoms with E-state index in [9.17, 15) is 4.79 Å². The molecule has 0 aromatic carbocycles. The van der Waals surface area contributed by atoms with Crippen LogP contribution in [0.2, 0.25) is 0 Å². The summed E-state index contributed by atoms with van der Waals surface area (Å²) in [6, 6.07) is 3.54. The van der Waals surface area contributed by atoms with Crippen LogP contribution >= 0.6 is 11.3 Å². The smallest absolute Gasteiger partial charge is 0.259 e. The first-order valence-corrected chi connectivity index (χ1v) is 8.97. The lowest BCUT2D eigenvalue weighted by atomic mass is 10.2. The standard InChI is InChI=1S/C17H22N4O2S/c1-13-12-24-15(19-13)11-20-7-4-8-21(10-9-20)17(22)14-5-3-6-18-16(14)23-2/h3,5-6,12H,4,7-11H2,1-2H3. The number of pyridine rings is 1. The molecule has 1 saturated heterocycles. The van der Waals surface area contributed by atoms with E-state index in [0.29, 0.717) is 18.0 Å². The minimum absolute atomic E-state index is 0.00751. The van der Waals surface area contributed by atoms with Crippen molar-refractivity contribution >= 4 is 17.2 Å². The van der Waals surface area contributed by atoms with Gasteiger partial charge in [-0.15, -0.1) is 11.3 Å². The first-order valence-electron chi connectivity index (χ1n) is 8.09. The van der Waals surface area contributed by atoms with E-state index in [1.165, 1.54) is 0 Å². The van der Waals surface area contributed by atoms with Crippen molar-refractivity contribution in [1.82, 2.24) is 19.8 Å². The lowest BCUT2D eigenvalue weighted by Gasteiger charge is -2.22. The summed E-state index contributed by atoms with van der Waals surface area (Å²) in [5.41, 5.74) is 1.61. The van der Waals surface area contributed by atoms with Gasteiger partial charge in [0.1, 0.15) is 10.6 Å². The topological polar surface area (TPSA) is 58.6 Å². The average molecular weight is 346 g/mol. The maximum Gasteiger partial charge on any atom is 0.259 e. The zero-order valence-electron chi connectivity index (χ0n) is 14.1. The fraction of sp³-hybridized carbons (Fsp3) is 0.471. The minimum Gasteiger partial charge on any atom is -0.480 e. The molecule has 2 aromatic rings. The highest BCUT2D eigenvalue weighted by atomic mass is 32.1. The zero-order valence-corrected chi connectivity index (χ0v) is 14.9. The molecule has 0 spiro atoms. The largest absolute Gasteiger partial charge is 0.480 e. The van der Waals surface area contributed by atoms with Crippen LogP contribution in [0.4, 0.5) is 0 Å². The molecule has 0 radical (unpaired) electrons. The van der Waals surface area contributed by atoms with Crippen molar-refractivity contribution in [2.24, 2.45) is 0 Å². The predicted molar refractivity (Wildman–Crippen MR) is 93.4 cm³/mol. The maximum absolute atomic E-state index is 12.8. The fourth-order valence-electron chi connectivity index (χ4n) is 2.89.